The second-order valence-electron chi connectivity index (χ2n) is 7.31. The SMILES string of the molecule is CCCCCCNCCNCCCCCCC(=O)OC(C)(C)C. The van der Waals surface area contributed by atoms with Crippen molar-refractivity contribution in [3.63, 3.8) is 0 Å². The summed E-state index contributed by atoms with van der Waals surface area (Å²) in [6.07, 6.45) is 10.3. The van der Waals surface area contributed by atoms with Crippen molar-refractivity contribution < 1.29 is 9.53 Å². The fourth-order valence-electron chi connectivity index (χ4n) is 2.37. The van der Waals surface area contributed by atoms with Crippen molar-refractivity contribution in [3.05, 3.63) is 0 Å². The van der Waals surface area contributed by atoms with Crippen molar-refractivity contribution in [1.82, 2.24) is 10.6 Å². The molecule has 0 aromatic heterocycles. The van der Waals surface area contributed by atoms with Gasteiger partial charge in [-0.05, 0) is 53.1 Å². The third kappa shape index (κ3) is 19.3. The average Bonchev–Trinajstić information content (AvgIpc) is 2.46. The molecule has 0 aliphatic rings. The summed E-state index contributed by atoms with van der Waals surface area (Å²) in [5.41, 5.74) is -0.356. The molecule has 0 fully saturated rings. The predicted molar refractivity (Wildman–Crippen MR) is 98.8 cm³/mol. The van der Waals surface area contributed by atoms with Crippen molar-refractivity contribution in [2.45, 2.75) is 91.1 Å². The second kappa shape index (κ2) is 14.9. The molecule has 2 N–H and O–H groups in total. The second-order valence-corrected chi connectivity index (χ2v) is 7.31. The van der Waals surface area contributed by atoms with Gasteiger partial charge < -0.3 is 15.4 Å². The Kier molecular flexibility index (Phi) is 14.6. The number of unbranched alkanes of at least 4 members (excludes halogenated alkanes) is 6. The van der Waals surface area contributed by atoms with Gasteiger partial charge >= 0.3 is 5.97 Å². The van der Waals surface area contributed by atoms with Crippen LogP contribution in [0.25, 0.3) is 0 Å². The van der Waals surface area contributed by atoms with Crippen LogP contribution in [0.1, 0.15) is 85.5 Å². The van der Waals surface area contributed by atoms with Crippen LogP contribution >= 0.6 is 0 Å². The maximum atomic E-state index is 11.5. The van der Waals surface area contributed by atoms with Crippen molar-refractivity contribution in [2.24, 2.45) is 0 Å². The molecule has 0 spiro atoms. The highest BCUT2D eigenvalue weighted by molar-refractivity contribution is 5.69. The molecule has 0 aliphatic heterocycles. The highest BCUT2D eigenvalue weighted by atomic mass is 16.6. The lowest BCUT2D eigenvalue weighted by molar-refractivity contribution is -0.154. The zero-order valence-corrected chi connectivity index (χ0v) is 16.0. The van der Waals surface area contributed by atoms with E-state index in [2.05, 4.69) is 17.6 Å². The normalized spacial score (nSPS) is 11.7. The molecule has 23 heavy (non-hydrogen) atoms. The molecule has 138 valence electrons. The van der Waals surface area contributed by atoms with Crippen molar-refractivity contribution in [2.75, 3.05) is 26.2 Å². The van der Waals surface area contributed by atoms with Gasteiger partial charge in [-0.1, -0.05) is 39.0 Å². The van der Waals surface area contributed by atoms with Crippen LogP contribution in [0.2, 0.25) is 0 Å². The van der Waals surface area contributed by atoms with E-state index in [1.807, 2.05) is 20.8 Å². The van der Waals surface area contributed by atoms with Crippen LogP contribution in [0.4, 0.5) is 0 Å². The lowest BCUT2D eigenvalue weighted by Crippen LogP contribution is -2.28. The summed E-state index contributed by atoms with van der Waals surface area (Å²) in [7, 11) is 0. The minimum atomic E-state index is -0.356. The van der Waals surface area contributed by atoms with Gasteiger partial charge in [0.15, 0.2) is 0 Å². The molecule has 0 aliphatic carbocycles. The van der Waals surface area contributed by atoms with Gasteiger partial charge in [-0.25, -0.2) is 0 Å². The van der Waals surface area contributed by atoms with E-state index in [-0.39, 0.29) is 11.6 Å². The molecule has 0 heterocycles. The first-order valence-corrected chi connectivity index (χ1v) is 9.59. The van der Waals surface area contributed by atoms with Crippen molar-refractivity contribution >= 4 is 5.97 Å². The summed E-state index contributed by atoms with van der Waals surface area (Å²) in [6.45, 7) is 12.3. The fourth-order valence-corrected chi connectivity index (χ4v) is 2.37. The zero-order chi connectivity index (χ0) is 17.4. The minimum absolute atomic E-state index is 0.0689. The minimum Gasteiger partial charge on any atom is -0.460 e. The average molecular weight is 329 g/mol. The highest BCUT2D eigenvalue weighted by Crippen LogP contribution is 2.10. The van der Waals surface area contributed by atoms with Gasteiger partial charge in [-0.15, -0.1) is 0 Å². The van der Waals surface area contributed by atoms with Gasteiger partial charge in [-0.2, -0.15) is 0 Å². The lowest BCUT2D eigenvalue weighted by Gasteiger charge is -2.19. The number of carbonyl (C=O) groups excluding carboxylic acids is 1. The molecule has 0 aromatic carbocycles. The maximum absolute atomic E-state index is 11.5. The van der Waals surface area contributed by atoms with Crippen LogP contribution in [0.5, 0.6) is 0 Å². The van der Waals surface area contributed by atoms with E-state index in [0.29, 0.717) is 6.42 Å². The molecule has 0 unspecified atom stereocenters. The third-order valence-electron chi connectivity index (χ3n) is 3.59. The van der Waals surface area contributed by atoms with Gasteiger partial charge in [-0.3, -0.25) is 4.79 Å². The van der Waals surface area contributed by atoms with E-state index in [1.54, 1.807) is 0 Å². The third-order valence-corrected chi connectivity index (χ3v) is 3.59. The Morgan fingerprint density at radius 3 is 1.83 bits per heavy atom. The molecule has 0 amide bonds. The Labute approximate surface area is 144 Å². The monoisotopic (exact) mass is 328 g/mol. The number of esters is 1. The van der Waals surface area contributed by atoms with Crippen molar-refractivity contribution in [3.8, 4) is 0 Å². The number of hydrogen-bond donors (Lipinski definition) is 2. The molecule has 0 bridgehead atoms. The molecular weight excluding hydrogens is 288 g/mol. The summed E-state index contributed by atoms with van der Waals surface area (Å²) >= 11 is 0. The van der Waals surface area contributed by atoms with Crippen LogP contribution in [-0.2, 0) is 9.53 Å². The molecule has 0 saturated heterocycles. The standard InChI is InChI=1S/C19H40N2O2/c1-5-6-7-11-14-20-16-17-21-15-12-9-8-10-13-18(22)23-19(2,3)4/h20-21H,5-17H2,1-4H3. The first-order valence-electron chi connectivity index (χ1n) is 9.59. The van der Waals surface area contributed by atoms with E-state index < -0.39 is 0 Å². The van der Waals surface area contributed by atoms with Gasteiger partial charge in [0, 0.05) is 19.5 Å². The van der Waals surface area contributed by atoms with E-state index in [4.69, 9.17) is 4.74 Å². The largest absolute Gasteiger partial charge is 0.460 e. The van der Waals surface area contributed by atoms with E-state index in [9.17, 15) is 4.79 Å². The van der Waals surface area contributed by atoms with Crippen LogP contribution in [0.15, 0.2) is 0 Å². The predicted octanol–water partition coefficient (Wildman–Crippen LogP) is 4.04. The Bertz CT molecular complexity index is 275. The smallest absolute Gasteiger partial charge is 0.306 e. The summed E-state index contributed by atoms with van der Waals surface area (Å²) < 4.78 is 5.29. The molecular formula is C19H40N2O2. The van der Waals surface area contributed by atoms with Gasteiger partial charge in [0.2, 0.25) is 0 Å². The Hall–Kier alpha value is -0.610. The molecule has 0 saturated carbocycles. The number of nitrogens with one attached hydrogen (secondary N) is 2. The fraction of sp³-hybridized carbons (Fsp3) is 0.947. The van der Waals surface area contributed by atoms with Crippen LogP contribution in [0, 0.1) is 0 Å². The van der Waals surface area contributed by atoms with Crippen molar-refractivity contribution in [1.29, 1.82) is 0 Å². The van der Waals surface area contributed by atoms with E-state index in [0.717, 1.165) is 39.0 Å². The van der Waals surface area contributed by atoms with Gasteiger partial charge in [0.1, 0.15) is 5.60 Å². The van der Waals surface area contributed by atoms with Gasteiger partial charge in [0.25, 0.3) is 0 Å². The quantitative estimate of drug-likeness (QED) is 0.352. The first kappa shape index (κ1) is 22.4. The Morgan fingerprint density at radius 2 is 1.30 bits per heavy atom. The highest BCUT2D eigenvalue weighted by Gasteiger charge is 2.15. The number of rotatable bonds is 15. The topological polar surface area (TPSA) is 50.4 Å². The summed E-state index contributed by atoms with van der Waals surface area (Å²) in [5.74, 6) is -0.0689. The Morgan fingerprint density at radius 1 is 0.783 bits per heavy atom. The molecule has 0 rings (SSSR count). The molecule has 4 heteroatoms. The Balaban J connectivity index is 3.15. The molecule has 4 nitrogen and oxygen atoms in total. The van der Waals surface area contributed by atoms with E-state index in [1.165, 1.54) is 38.5 Å². The number of ether oxygens (including phenoxy) is 1. The van der Waals surface area contributed by atoms with Gasteiger partial charge in [0.05, 0.1) is 0 Å². The molecule has 0 aromatic rings. The summed E-state index contributed by atoms with van der Waals surface area (Å²) in [6, 6.07) is 0. The zero-order valence-electron chi connectivity index (χ0n) is 16.0. The summed E-state index contributed by atoms with van der Waals surface area (Å²) in [4.78, 5) is 11.5. The number of carbonyl (C=O) groups is 1. The number of hydrogen-bond acceptors (Lipinski definition) is 4. The van der Waals surface area contributed by atoms with Crippen LogP contribution in [0.3, 0.4) is 0 Å². The lowest BCUT2D eigenvalue weighted by atomic mass is 10.1. The molecule has 0 radical (unpaired) electrons. The molecule has 0 atom stereocenters. The maximum Gasteiger partial charge on any atom is 0.306 e. The van der Waals surface area contributed by atoms with E-state index >= 15 is 0 Å². The van der Waals surface area contributed by atoms with Crippen LogP contribution < -0.4 is 10.6 Å². The first-order chi connectivity index (χ1) is 11.0. The summed E-state index contributed by atoms with van der Waals surface area (Å²) in [5, 5.41) is 6.94. The van der Waals surface area contributed by atoms with Crippen LogP contribution in [-0.4, -0.2) is 37.7 Å².